The average Bonchev–Trinajstić information content (AvgIpc) is 2.56. The molecule has 3 aromatic rings. The lowest BCUT2D eigenvalue weighted by Gasteiger charge is -2.12. The monoisotopic (exact) mass is 275 g/mol. The van der Waals surface area contributed by atoms with Gasteiger partial charge < -0.3 is 10.8 Å². The molecule has 0 saturated heterocycles. The van der Waals surface area contributed by atoms with Crippen molar-refractivity contribution >= 4 is 5.69 Å². The summed E-state index contributed by atoms with van der Waals surface area (Å²) in [7, 11) is 0. The summed E-state index contributed by atoms with van der Waals surface area (Å²) in [6.07, 6.45) is -0.629. The molecular weight excluding hydrogens is 258 g/mol. The zero-order chi connectivity index (χ0) is 14.7. The van der Waals surface area contributed by atoms with Crippen LogP contribution in [0.3, 0.4) is 0 Å². The van der Waals surface area contributed by atoms with Gasteiger partial charge in [0.25, 0.3) is 0 Å². The number of rotatable bonds is 3. The molecule has 2 heteroatoms. The molecule has 0 fully saturated rings. The van der Waals surface area contributed by atoms with Crippen LogP contribution in [0.1, 0.15) is 17.2 Å². The fourth-order valence-corrected chi connectivity index (χ4v) is 2.36. The van der Waals surface area contributed by atoms with Gasteiger partial charge in [-0.1, -0.05) is 66.7 Å². The highest BCUT2D eigenvalue weighted by Gasteiger charge is 2.10. The number of hydrogen-bond donors (Lipinski definition) is 2. The first-order chi connectivity index (χ1) is 10.2. The summed E-state index contributed by atoms with van der Waals surface area (Å²) in [4.78, 5) is 0. The van der Waals surface area contributed by atoms with Crippen LogP contribution in [-0.2, 0) is 0 Å². The molecule has 104 valence electrons. The van der Waals surface area contributed by atoms with Crippen molar-refractivity contribution in [2.24, 2.45) is 0 Å². The van der Waals surface area contributed by atoms with E-state index in [1.807, 2.05) is 54.6 Å². The van der Waals surface area contributed by atoms with Crippen LogP contribution in [0.5, 0.6) is 0 Å². The molecule has 2 nitrogen and oxygen atoms in total. The Hall–Kier alpha value is -2.58. The van der Waals surface area contributed by atoms with E-state index in [0.717, 1.165) is 16.7 Å². The highest BCUT2D eigenvalue weighted by atomic mass is 16.3. The molecule has 1 unspecified atom stereocenters. The molecule has 0 aliphatic carbocycles. The molecule has 3 aromatic carbocycles. The number of nitrogens with two attached hydrogens (primary N) is 1. The van der Waals surface area contributed by atoms with Crippen LogP contribution in [-0.4, -0.2) is 5.11 Å². The summed E-state index contributed by atoms with van der Waals surface area (Å²) >= 11 is 0. The topological polar surface area (TPSA) is 46.2 Å². The van der Waals surface area contributed by atoms with E-state index in [2.05, 4.69) is 12.1 Å². The third-order valence-corrected chi connectivity index (χ3v) is 3.59. The van der Waals surface area contributed by atoms with Crippen LogP contribution in [0.25, 0.3) is 11.1 Å². The van der Waals surface area contributed by atoms with Gasteiger partial charge >= 0.3 is 0 Å². The Labute approximate surface area is 124 Å². The second kappa shape index (κ2) is 5.81. The van der Waals surface area contributed by atoms with Crippen molar-refractivity contribution in [3.05, 3.63) is 90.0 Å². The third-order valence-electron chi connectivity index (χ3n) is 3.59. The second-order valence-corrected chi connectivity index (χ2v) is 5.06. The van der Waals surface area contributed by atoms with Crippen molar-refractivity contribution in [1.29, 1.82) is 0 Å². The summed E-state index contributed by atoms with van der Waals surface area (Å²) in [6.45, 7) is 0. The molecule has 1 atom stereocenters. The molecule has 0 aliphatic rings. The van der Waals surface area contributed by atoms with Crippen LogP contribution >= 0.6 is 0 Å². The van der Waals surface area contributed by atoms with Gasteiger partial charge in [0.15, 0.2) is 0 Å². The lowest BCUT2D eigenvalue weighted by atomic mass is 9.98. The van der Waals surface area contributed by atoms with E-state index >= 15 is 0 Å². The largest absolute Gasteiger partial charge is 0.399 e. The van der Waals surface area contributed by atoms with E-state index < -0.39 is 6.10 Å². The first-order valence-electron chi connectivity index (χ1n) is 6.93. The molecule has 3 N–H and O–H groups in total. The summed E-state index contributed by atoms with van der Waals surface area (Å²) in [5, 5.41) is 10.4. The Morgan fingerprint density at radius 2 is 1.10 bits per heavy atom. The molecule has 3 rings (SSSR count). The quantitative estimate of drug-likeness (QED) is 0.709. The maximum absolute atomic E-state index is 10.4. The van der Waals surface area contributed by atoms with Crippen LogP contribution in [0.15, 0.2) is 78.9 Å². The van der Waals surface area contributed by atoms with Crippen molar-refractivity contribution in [2.45, 2.75) is 6.10 Å². The fraction of sp³-hybridized carbons (Fsp3) is 0.0526. The maximum Gasteiger partial charge on any atom is 0.104 e. The molecule has 0 saturated carbocycles. The number of hydrogen-bond acceptors (Lipinski definition) is 2. The molecular formula is C19H17NO. The van der Waals surface area contributed by atoms with Crippen molar-refractivity contribution < 1.29 is 5.11 Å². The van der Waals surface area contributed by atoms with Gasteiger partial charge in [-0.15, -0.1) is 0 Å². The first kappa shape index (κ1) is 13.4. The molecule has 0 amide bonds. The minimum absolute atomic E-state index is 0.629. The number of anilines is 1. The van der Waals surface area contributed by atoms with Gasteiger partial charge in [-0.25, -0.2) is 0 Å². The predicted molar refractivity (Wildman–Crippen MR) is 86.8 cm³/mol. The van der Waals surface area contributed by atoms with E-state index in [1.165, 1.54) is 5.56 Å². The molecule has 0 spiro atoms. The summed E-state index contributed by atoms with van der Waals surface area (Å²) in [5.74, 6) is 0. The van der Waals surface area contributed by atoms with Crippen LogP contribution in [0, 0.1) is 0 Å². The molecule has 0 aliphatic heterocycles. The van der Waals surface area contributed by atoms with Gasteiger partial charge in [0.2, 0.25) is 0 Å². The van der Waals surface area contributed by atoms with Crippen molar-refractivity contribution in [2.75, 3.05) is 5.73 Å². The van der Waals surface area contributed by atoms with Gasteiger partial charge in [0.1, 0.15) is 6.10 Å². The Kier molecular flexibility index (Phi) is 3.71. The van der Waals surface area contributed by atoms with Crippen LogP contribution in [0.4, 0.5) is 5.69 Å². The summed E-state index contributed by atoms with van der Waals surface area (Å²) in [5.41, 5.74) is 10.4. The molecule has 0 heterocycles. The lowest BCUT2D eigenvalue weighted by molar-refractivity contribution is 0.220. The average molecular weight is 275 g/mol. The van der Waals surface area contributed by atoms with Crippen molar-refractivity contribution in [1.82, 2.24) is 0 Å². The molecule has 0 aromatic heterocycles. The maximum atomic E-state index is 10.4. The summed E-state index contributed by atoms with van der Waals surface area (Å²) in [6, 6.07) is 25.5. The minimum Gasteiger partial charge on any atom is -0.399 e. The molecule has 0 radical (unpaired) electrons. The second-order valence-electron chi connectivity index (χ2n) is 5.06. The third kappa shape index (κ3) is 2.96. The van der Waals surface area contributed by atoms with Crippen molar-refractivity contribution in [3.63, 3.8) is 0 Å². The Balaban J connectivity index is 1.85. The van der Waals surface area contributed by atoms with E-state index in [9.17, 15) is 5.11 Å². The van der Waals surface area contributed by atoms with Crippen molar-refractivity contribution in [3.8, 4) is 11.1 Å². The van der Waals surface area contributed by atoms with E-state index in [1.54, 1.807) is 12.1 Å². The standard InChI is InChI=1S/C19H17NO/c20-18-12-10-17(11-13-18)19(21)16-8-6-15(7-9-16)14-4-2-1-3-5-14/h1-13,19,21H,20H2. The lowest BCUT2D eigenvalue weighted by Crippen LogP contribution is -1.99. The Morgan fingerprint density at radius 3 is 1.67 bits per heavy atom. The fourth-order valence-electron chi connectivity index (χ4n) is 2.36. The predicted octanol–water partition coefficient (Wildman–Crippen LogP) is 4.02. The van der Waals surface area contributed by atoms with E-state index in [0.29, 0.717) is 5.69 Å². The highest BCUT2D eigenvalue weighted by Crippen LogP contribution is 2.26. The van der Waals surface area contributed by atoms with Crippen LogP contribution < -0.4 is 5.73 Å². The number of aliphatic hydroxyl groups is 1. The Morgan fingerprint density at radius 1 is 0.619 bits per heavy atom. The minimum atomic E-state index is -0.629. The van der Waals surface area contributed by atoms with Gasteiger partial charge in [0, 0.05) is 5.69 Å². The smallest absolute Gasteiger partial charge is 0.104 e. The SMILES string of the molecule is Nc1ccc(C(O)c2ccc(-c3ccccc3)cc2)cc1. The zero-order valence-electron chi connectivity index (χ0n) is 11.6. The van der Waals surface area contributed by atoms with Crippen LogP contribution in [0.2, 0.25) is 0 Å². The van der Waals surface area contributed by atoms with E-state index in [-0.39, 0.29) is 0 Å². The number of benzene rings is 3. The number of aliphatic hydroxyl groups excluding tert-OH is 1. The first-order valence-corrected chi connectivity index (χ1v) is 6.93. The Bertz CT molecular complexity index is 703. The summed E-state index contributed by atoms with van der Waals surface area (Å²) < 4.78 is 0. The van der Waals surface area contributed by atoms with Gasteiger partial charge in [-0.2, -0.15) is 0 Å². The normalized spacial score (nSPS) is 12.0. The van der Waals surface area contributed by atoms with Gasteiger partial charge in [0.05, 0.1) is 0 Å². The van der Waals surface area contributed by atoms with Gasteiger partial charge in [-0.05, 0) is 34.4 Å². The highest BCUT2D eigenvalue weighted by molar-refractivity contribution is 5.63. The van der Waals surface area contributed by atoms with Gasteiger partial charge in [-0.3, -0.25) is 0 Å². The zero-order valence-corrected chi connectivity index (χ0v) is 11.6. The van der Waals surface area contributed by atoms with E-state index in [4.69, 9.17) is 5.73 Å². The molecule has 21 heavy (non-hydrogen) atoms. The number of nitrogen functional groups attached to an aromatic ring is 1. The molecule has 0 bridgehead atoms.